The lowest BCUT2D eigenvalue weighted by atomic mass is 10.0. The molecule has 0 unspecified atom stereocenters. The number of nitrogen functional groups attached to an aromatic ring is 1. The van der Waals surface area contributed by atoms with E-state index in [4.69, 9.17) is 27.2 Å². The van der Waals surface area contributed by atoms with E-state index in [1.807, 2.05) is 59.0 Å². The molecular formula is C23H25ClN4O2. The van der Waals surface area contributed by atoms with Crippen molar-refractivity contribution >= 4 is 23.2 Å². The van der Waals surface area contributed by atoms with Gasteiger partial charge in [-0.25, -0.2) is 0 Å². The van der Waals surface area contributed by atoms with Crippen molar-refractivity contribution in [3.63, 3.8) is 0 Å². The fraction of sp³-hybridized carbons (Fsp3) is 0.304. The largest absolute Gasteiger partial charge is 0.398 e. The molecule has 2 N–H and O–H groups in total. The standard InChI is InChI=1S/C23H25ClN4O2/c1-15-22(19-7-8-21(25)20(24)13-19)16(2)28(26-15)14-17-3-5-18(6-4-17)23(29)27-9-11-30-12-10-27/h3-8,13H,9-12,14,25H2,1-2H3. The van der Waals surface area contributed by atoms with Crippen molar-refractivity contribution < 1.29 is 9.53 Å². The smallest absolute Gasteiger partial charge is 0.254 e. The number of nitrogens with two attached hydrogens (primary N) is 1. The maximum Gasteiger partial charge on any atom is 0.254 e. The first-order chi connectivity index (χ1) is 14.4. The summed E-state index contributed by atoms with van der Waals surface area (Å²) < 4.78 is 7.30. The number of aromatic nitrogens is 2. The molecule has 0 spiro atoms. The fourth-order valence-corrected chi connectivity index (χ4v) is 4.01. The zero-order valence-electron chi connectivity index (χ0n) is 17.2. The predicted octanol–water partition coefficient (Wildman–Crippen LogP) is 3.92. The molecule has 30 heavy (non-hydrogen) atoms. The molecule has 0 radical (unpaired) electrons. The van der Waals surface area contributed by atoms with Gasteiger partial charge in [0.25, 0.3) is 5.91 Å². The molecule has 3 aromatic rings. The first-order valence-electron chi connectivity index (χ1n) is 9.99. The second-order valence-corrected chi connectivity index (χ2v) is 7.95. The van der Waals surface area contributed by atoms with E-state index in [0.29, 0.717) is 49.1 Å². The molecule has 0 atom stereocenters. The Labute approximate surface area is 181 Å². The van der Waals surface area contributed by atoms with Crippen molar-refractivity contribution in [3.05, 3.63) is 70.0 Å². The summed E-state index contributed by atoms with van der Waals surface area (Å²) in [6.45, 7) is 7.16. The van der Waals surface area contributed by atoms with Crippen LogP contribution in [-0.4, -0.2) is 46.9 Å². The summed E-state index contributed by atoms with van der Waals surface area (Å²) in [7, 11) is 0. The minimum Gasteiger partial charge on any atom is -0.398 e. The molecule has 1 aromatic heterocycles. The van der Waals surface area contributed by atoms with Gasteiger partial charge in [0, 0.05) is 29.9 Å². The predicted molar refractivity (Wildman–Crippen MR) is 119 cm³/mol. The van der Waals surface area contributed by atoms with Gasteiger partial charge in [-0.15, -0.1) is 0 Å². The Hall–Kier alpha value is -2.83. The van der Waals surface area contributed by atoms with Gasteiger partial charge in [-0.05, 0) is 49.2 Å². The molecule has 156 valence electrons. The fourth-order valence-electron chi connectivity index (χ4n) is 3.83. The molecule has 7 heteroatoms. The monoisotopic (exact) mass is 424 g/mol. The number of ether oxygens (including phenoxy) is 1. The molecule has 0 saturated carbocycles. The summed E-state index contributed by atoms with van der Waals surface area (Å²) in [6.07, 6.45) is 0. The van der Waals surface area contributed by atoms with Crippen molar-refractivity contribution in [2.45, 2.75) is 20.4 Å². The quantitative estimate of drug-likeness (QED) is 0.644. The Morgan fingerprint density at radius 3 is 2.50 bits per heavy atom. The first-order valence-corrected chi connectivity index (χ1v) is 10.4. The normalized spacial score (nSPS) is 14.2. The van der Waals surface area contributed by atoms with E-state index in [-0.39, 0.29) is 5.91 Å². The third kappa shape index (κ3) is 4.06. The Morgan fingerprint density at radius 1 is 1.13 bits per heavy atom. The number of morpholine rings is 1. The highest BCUT2D eigenvalue weighted by atomic mass is 35.5. The van der Waals surface area contributed by atoms with Crippen LogP contribution in [0.25, 0.3) is 11.1 Å². The highest BCUT2D eigenvalue weighted by Gasteiger charge is 2.19. The van der Waals surface area contributed by atoms with Gasteiger partial charge in [-0.1, -0.05) is 29.8 Å². The van der Waals surface area contributed by atoms with Gasteiger partial charge in [-0.3, -0.25) is 9.48 Å². The molecule has 0 bridgehead atoms. The Bertz CT molecular complexity index is 1070. The highest BCUT2D eigenvalue weighted by Crippen LogP contribution is 2.31. The summed E-state index contributed by atoms with van der Waals surface area (Å²) in [5.74, 6) is 0.0541. The topological polar surface area (TPSA) is 73.4 Å². The van der Waals surface area contributed by atoms with Crippen molar-refractivity contribution in [1.82, 2.24) is 14.7 Å². The summed E-state index contributed by atoms with van der Waals surface area (Å²) >= 11 is 6.21. The van der Waals surface area contributed by atoms with Crippen LogP contribution >= 0.6 is 11.6 Å². The van der Waals surface area contributed by atoms with Crippen LogP contribution in [0.4, 0.5) is 5.69 Å². The number of carbonyl (C=O) groups is 1. The number of hydrogen-bond donors (Lipinski definition) is 1. The second-order valence-electron chi connectivity index (χ2n) is 7.54. The number of anilines is 1. The highest BCUT2D eigenvalue weighted by molar-refractivity contribution is 6.33. The summed E-state index contributed by atoms with van der Waals surface area (Å²) in [5.41, 5.74) is 12.3. The zero-order valence-corrected chi connectivity index (χ0v) is 17.9. The number of amides is 1. The van der Waals surface area contributed by atoms with E-state index in [1.165, 1.54) is 0 Å². The molecular weight excluding hydrogens is 400 g/mol. The second kappa shape index (κ2) is 8.50. The van der Waals surface area contributed by atoms with Gasteiger partial charge in [0.05, 0.1) is 36.2 Å². The van der Waals surface area contributed by atoms with E-state index in [9.17, 15) is 4.79 Å². The van der Waals surface area contributed by atoms with E-state index in [2.05, 4.69) is 6.92 Å². The molecule has 1 aliphatic heterocycles. The van der Waals surface area contributed by atoms with Crippen LogP contribution in [0.15, 0.2) is 42.5 Å². The number of rotatable bonds is 4. The van der Waals surface area contributed by atoms with Gasteiger partial charge in [-0.2, -0.15) is 5.10 Å². The van der Waals surface area contributed by atoms with E-state index >= 15 is 0 Å². The van der Waals surface area contributed by atoms with Crippen LogP contribution in [-0.2, 0) is 11.3 Å². The molecule has 1 aliphatic rings. The molecule has 1 fully saturated rings. The Balaban J connectivity index is 1.53. The average molecular weight is 425 g/mol. The average Bonchev–Trinajstić information content (AvgIpc) is 3.03. The molecule has 0 aliphatic carbocycles. The summed E-state index contributed by atoms with van der Waals surface area (Å²) in [4.78, 5) is 14.4. The third-order valence-electron chi connectivity index (χ3n) is 5.50. The molecule has 1 amide bonds. The number of aryl methyl sites for hydroxylation is 1. The van der Waals surface area contributed by atoms with Gasteiger partial charge in [0.1, 0.15) is 0 Å². The summed E-state index contributed by atoms with van der Waals surface area (Å²) in [6, 6.07) is 13.4. The molecule has 1 saturated heterocycles. The van der Waals surface area contributed by atoms with Gasteiger partial charge >= 0.3 is 0 Å². The van der Waals surface area contributed by atoms with Crippen LogP contribution in [0.1, 0.15) is 27.3 Å². The van der Waals surface area contributed by atoms with Crippen LogP contribution in [0.3, 0.4) is 0 Å². The maximum absolute atomic E-state index is 12.6. The van der Waals surface area contributed by atoms with Crippen LogP contribution < -0.4 is 5.73 Å². The minimum atomic E-state index is 0.0541. The molecule has 2 aromatic carbocycles. The van der Waals surface area contributed by atoms with Crippen molar-refractivity contribution in [2.24, 2.45) is 0 Å². The maximum atomic E-state index is 12.6. The Kier molecular flexibility index (Phi) is 5.79. The van der Waals surface area contributed by atoms with Crippen molar-refractivity contribution in [3.8, 4) is 11.1 Å². The number of nitrogens with zero attached hydrogens (tertiary/aromatic N) is 3. The molecule has 6 nitrogen and oxygen atoms in total. The molecule has 4 rings (SSSR count). The molecule has 2 heterocycles. The lowest BCUT2D eigenvalue weighted by molar-refractivity contribution is 0.0303. The lowest BCUT2D eigenvalue weighted by Crippen LogP contribution is -2.40. The SMILES string of the molecule is Cc1nn(Cc2ccc(C(=O)N3CCOCC3)cc2)c(C)c1-c1ccc(N)c(Cl)c1. The number of halogens is 1. The van der Waals surface area contributed by atoms with Crippen LogP contribution in [0, 0.1) is 13.8 Å². The first kappa shape index (κ1) is 20.4. The Morgan fingerprint density at radius 2 is 1.83 bits per heavy atom. The van der Waals surface area contributed by atoms with E-state index < -0.39 is 0 Å². The number of hydrogen-bond acceptors (Lipinski definition) is 4. The number of benzene rings is 2. The van der Waals surface area contributed by atoms with Crippen molar-refractivity contribution in [1.29, 1.82) is 0 Å². The van der Waals surface area contributed by atoms with Crippen LogP contribution in [0.2, 0.25) is 5.02 Å². The lowest BCUT2D eigenvalue weighted by Gasteiger charge is -2.26. The van der Waals surface area contributed by atoms with Gasteiger partial charge in [0.2, 0.25) is 0 Å². The van der Waals surface area contributed by atoms with E-state index in [1.54, 1.807) is 0 Å². The third-order valence-corrected chi connectivity index (χ3v) is 5.83. The summed E-state index contributed by atoms with van der Waals surface area (Å²) in [5, 5.41) is 5.26. The van der Waals surface area contributed by atoms with Crippen molar-refractivity contribution in [2.75, 3.05) is 32.0 Å². The van der Waals surface area contributed by atoms with Gasteiger partial charge < -0.3 is 15.4 Å². The number of carbonyl (C=O) groups excluding carboxylic acids is 1. The van der Waals surface area contributed by atoms with Crippen LogP contribution in [0.5, 0.6) is 0 Å². The van der Waals surface area contributed by atoms with E-state index in [0.717, 1.165) is 28.1 Å². The van der Waals surface area contributed by atoms with Gasteiger partial charge in [0.15, 0.2) is 0 Å². The zero-order chi connectivity index (χ0) is 21.3. The minimum absolute atomic E-state index is 0.0541.